The molecule has 13 nitrogen and oxygen atoms in total. The van der Waals surface area contributed by atoms with Crippen LogP contribution in [0.4, 0.5) is 5.69 Å². The summed E-state index contributed by atoms with van der Waals surface area (Å²) in [6, 6.07) is 0. The van der Waals surface area contributed by atoms with Gasteiger partial charge < -0.3 is 0 Å². The van der Waals surface area contributed by atoms with E-state index < -0.39 is 4.92 Å². The Bertz CT molecular complexity index is 1490. The second-order valence-corrected chi connectivity index (χ2v) is 7.24. The standard InChI is InChI=1S/C16H10BrN9O4/c1-6-13-18-2-7(4-24(13)22-15(6)27)10-12(26(29)30)11(21-20-10)8-3-19-14-9(17)16(28)23-25(14)5-8/h2-5H,1H3,(H,20,21)(H,22,27)(H,23,28). The maximum absolute atomic E-state index is 11.9. The molecule has 5 heterocycles. The van der Waals surface area contributed by atoms with Crippen molar-refractivity contribution in [3.63, 3.8) is 0 Å². The Hall–Kier alpha value is -4.07. The summed E-state index contributed by atoms with van der Waals surface area (Å²) in [4.78, 5) is 43.2. The quantitative estimate of drug-likeness (QED) is 0.263. The Morgan fingerprint density at radius 1 is 1.03 bits per heavy atom. The Labute approximate surface area is 172 Å². The monoisotopic (exact) mass is 471 g/mol. The molecule has 0 saturated carbocycles. The van der Waals surface area contributed by atoms with Gasteiger partial charge in [0.05, 0.1) is 10.5 Å². The number of aromatic nitrogens is 8. The van der Waals surface area contributed by atoms with Gasteiger partial charge in [-0.2, -0.15) is 5.10 Å². The van der Waals surface area contributed by atoms with Gasteiger partial charge in [-0.15, -0.1) is 0 Å². The van der Waals surface area contributed by atoms with Crippen LogP contribution in [-0.4, -0.2) is 44.3 Å². The molecule has 0 saturated heterocycles. The average molecular weight is 472 g/mol. The minimum atomic E-state index is -0.569. The fraction of sp³-hybridized carbons (Fsp3) is 0.0625. The number of fused-ring (bicyclic) bond motifs is 2. The van der Waals surface area contributed by atoms with Crippen LogP contribution in [0.2, 0.25) is 0 Å². The molecule has 5 rings (SSSR count). The lowest BCUT2D eigenvalue weighted by Gasteiger charge is -2.01. The second-order valence-electron chi connectivity index (χ2n) is 6.45. The topological polar surface area (TPSA) is 172 Å². The van der Waals surface area contributed by atoms with Crippen LogP contribution in [0.25, 0.3) is 33.8 Å². The van der Waals surface area contributed by atoms with Crippen molar-refractivity contribution in [2.24, 2.45) is 0 Å². The minimum Gasteiger partial charge on any atom is -0.270 e. The molecule has 0 unspecified atom stereocenters. The number of halogens is 1. The first-order chi connectivity index (χ1) is 14.3. The maximum Gasteiger partial charge on any atom is 0.322 e. The molecule has 0 amide bonds. The molecular formula is C16H10BrN9O4. The van der Waals surface area contributed by atoms with Crippen LogP contribution in [0.5, 0.6) is 0 Å². The first kappa shape index (κ1) is 18.0. The Morgan fingerprint density at radius 3 is 2.43 bits per heavy atom. The zero-order valence-electron chi connectivity index (χ0n) is 15.0. The van der Waals surface area contributed by atoms with Gasteiger partial charge in [0.1, 0.15) is 10.2 Å². The molecule has 3 N–H and O–H groups in total. The summed E-state index contributed by atoms with van der Waals surface area (Å²) in [6.45, 7) is 1.63. The van der Waals surface area contributed by atoms with Crippen molar-refractivity contribution in [1.29, 1.82) is 0 Å². The van der Waals surface area contributed by atoms with Crippen molar-refractivity contribution in [2.45, 2.75) is 6.92 Å². The molecular weight excluding hydrogens is 462 g/mol. The molecule has 0 atom stereocenters. The molecule has 0 fully saturated rings. The molecule has 0 spiro atoms. The molecule has 0 aliphatic carbocycles. The third-order valence-corrected chi connectivity index (χ3v) is 5.36. The Balaban J connectivity index is 1.70. The van der Waals surface area contributed by atoms with E-state index in [0.29, 0.717) is 28.0 Å². The van der Waals surface area contributed by atoms with E-state index in [-0.39, 0.29) is 32.7 Å². The molecule has 0 radical (unpaired) electrons. The predicted octanol–water partition coefficient (Wildman–Crippen LogP) is 1.39. The normalized spacial score (nSPS) is 11.5. The van der Waals surface area contributed by atoms with E-state index in [9.17, 15) is 19.7 Å². The first-order valence-corrected chi connectivity index (χ1v) is 9.21. The van der Waals surface area contributed by atoms with Gasteiger partial charge in [-0.3, -0.25) is 35.0 Å². The molecule has 30 heavy (non-hydrogen) atoms. The van der Waals surface area contributed by atoms with Crippen molar-refractivity contribution < 1.29 is 4.92 Å². The highest BCUT2D eigenvalue weighted by Gasteiger charge is 2.28. The number of nitrogens with zero attached hydrogens (tertiary/aromatic N) is 6. The Kier molecular flexibility index (Phi) is 3.73. The van der Waals surface area contributed by atoms with Crippen LogP contribution in [0.3, 0.4) is 0 Å². The van der Waals surface area contributed by atoms with Gasteiger partial charge in [0.15, 0.2) is 17.0 Å². The zero-order valence-corrected chi connectivity index (χ0v) is 16.6. The summed E-state index contributed by atoms with van der Waals surface area (Å²) < 4.78 is 3.00. The average Bonchev–Trinajstić information content (AvgIpc) is 3.36. The summed E-state index contributed by atoms with van der Waals surface area (Å²) in [5.74, 6) is 0. The van der Waals surface area contributed by atoms with E-state index in [0.717, 1.165) is 0 Å². The first-order valence-electron chi connectivity index (χ1n) is 8.41. The molecule has 14 heteroatoms. The van der Waals surface area contributed by atoms with E-state index in [1.54, 1.807) is 6.92 Å². The van der Waals surface area contributed by atoms with Crippen LogP contribution in [0, 0.1) is 17.0 Å². The third kappa shape index (κ3) is 2.50. The summed E-state index contributed by atoms with van der Waals surface area (Å²) in [5, 5.41) is 23.8. The SMILES string of the molecule is Cc1c(=O)[nH]n2cc(-c3n[nH]c(-c4cnc5c(Br)c(=O)[nH]n5c4)c3[N+](=O)[O-])cnc12. The van der Waals surface area contributed by atoms with Crippen LogP contribution in [0.15, 0.2) is 38.8 Å². The second kappa shape index (κ2) is 6.21. The fourth-order valence-electron chi connectivity index (χ4n) is 3.19. The lowest BCUT2D eigenvalue weighted by Crippen LogP contribution is -2.02. The van der Waals surface area contributed by atoms with E-state index in [1.165, 1.54) is 33.8 Å². The number of aryl methyl sites for hydroxylation is 1. The number of nitro groups is 1. The lowest BCUT2D eigenvalue weighted by molar-refractivity contribution is -0.383. The highest BCUT2D eigenvalue weighted by atomic mass is 79.9. The minimum absolute atomic E-state index is 0.0406. The molecule has 150 valence electrons. The highest BCUT2D eigenvalue weighted by molar-refractivity contribution is 9.10. The number of H-pyrrole nitrogens is 3. The zero-order chi connectivity index (χ0) is 21.2. The van der Waals surface area contributed by atoms with Gasteiger partial charge in [0.25, 0.3) is 11.1 Å². The van der Waals surface area contributed by atoms with Crippen molar-refractivity contribution in [2.75, 3.05) is 0 Å². The summed E-state index contributed by atoms with van der Waals surface area (Å²) >= 11 is 3.14. The van der Waals surface area contributed by atoms with Gasteiger partial charge in [-0.05, 0) is 22.9 Å². The molecule has 0 aromatic carbocycles. The number of hydrogen-bond donors (Lipinski definition) is 3. The van der Waals surface area contributed by atoms with Crippen LogP contribution in [0.1, 0.15) is 5.56 Å². The Morgan fingerprint density at radius 2 is 1.67 bits per heavy atom. The van der Waals surface area contributed by atoms with Crippen molar-refractivity contribution in [3.8, 4) is 22.5 Å². The summed E-state index contributed by atoms with van der Waals surface area (Å²) in [5.41, 5.74) is 1.03. The van der Waals surface area contributed by atoms with Gasteiger partial charge in [-0.1, -0.05) is 0 Å². The van der Waals surface area contributed by atoms with E-state index in [1.807, 2.05) is 0 Å². The van der Waals surface area contributed by atoms with E-state index in [2.05, 4.69) is 46.3 Å². The van der Waals surface area contributed by atoms with Crippen LogP contribution >= 0.6 is 15.9 Å². The van der Waals surface area contributed by atoms with Crippen LogP contribution < -0.4 is 11.1 Å². The van der Waals surface area contributed by atoms with Crippen molar-refractivity contribution in [3.05, 3.63) is 65.6 Å². The number of rotatable bonds is 3. The number of hydrogen-bond acceptors (Lipinski definition) is 7. The molecule has 5 aromatic rings. The number of aromatic amines is 3. The third-order valence-electron chi connectivity index (χ3n) is 4.65. The van der Waals surface area contributed by atoms with Crippen LogP contribution in [-0.2, 0) is 0 Å². The lowest BCUT2D eigenvalue weighted by atomic mass is 10.1. The van der Waals surface area contributed by atoms with Crippen molar-refractivity contribution in [1.82, 2.24) is 39.4 Å². The number of nitrogens with one attached hydrogen (secondary N) is 3. The fourth-order valence-corrected chi connectivity index (χ4v) is 3.57. The molecule has 0 aliphatic heterocycles. The largest absolute Gasteiger partial charge is 0.322 e. The molecule has 0 bridgehead atoms. The maximum atomic E-state index is 11.9. The summed E-state index contributed by atoms with van der Waals surface area (Å²) in [6.07, 6.45) is 5.80. The van der Waals surface area contributed by atoms with E-state index in [4.69, 9.17) is 0 Å². The molecule has 0 aliphatic rings. The van der Waals surface area contributed by atoms with Gasteiger partial charge in [0.2, 0.25) is 0 Å². The highest BCUT2D eigenvalue weighted by Crippen LogP contribution is 2.36. The summed E-state index contributed by atoms with van der Waals surface area (Å²) in [7, 11) is 0. The van der Waals surface area contributed by atoms with Gasteiger partial charge in [0, 0.05) is 35.9 Å². The molecule has 5 aromatic heterocycles. The van der Waals surface area contributed by atoms with Gasteiger partial charge in [-0.25, -0.2) is 19.0 Å². The smallest absolute Gasteiger partial charge is 0.270 e. The van der Waals surface area contributed by atoms with Gasteiger partial charge >= 0.3 is 5.69 Å². The predicted molar refractivity (Wildman–Crippen MR) is 107 cm³/mol. The van der Waals surface area contributed by atoms with Crippen molar-refractivity contribution >= 4 is 32.9 Å². The van der Waals surface area contributed by atoms with E-state index >= 15 is 0 Å².